The van der Waals surface area contributed by atoms with Gasteiger partial charge in [-0.05, 0) is 18.1 Å². The van der Waals surface area contributed by atoms with Crippen LogP contribution in [0.5, 0.6) is 0 Å². The number of rotatable bonds is 5. The minimum absolute atomic E-state index is 0.0164. The summed E-state index contributed by atoms with van der Waals surface area (Å²) in [7, 11) is 0. The molecule has 0 radical (unpaired) electrons. The Balaban J connectivity index is 2.01. The van der Waals surface area contributed by atoms with Crippen molar-refractivity contribution in [2.24, 2.45) is 0 Å². The first-order valence-electron chi connectivity index (χ1n) is 4.94. The first kappa shape index (κ1) is 10.5. The van der Waals surface area contributed by atoms with Gasteiger partial charge in [-0.3, -0.25) is 9.59 Å². The Morgan fingerprint density at radius 1 is 1.50 bits per heavy atom. The predicted molar refractivity (Wildman–Crippen MR) is 50.5 cm³/mol. The minimum Gasteiger partial charge on any atom is -0.481 e. The van der Waals surface area contributed by atoms with Gasteiger partial charge < -0.3 is 10.0 Å². The molecule has 16 heavy (non-hydrogen) atoms. The maximum Gasteiger partial charge on any atom is 0.305 e. The summed E-state index contributed by atoms with van der Waals surface area (Å²) in [6.45, 7) is 0.188. The van der Waals surface area contributed by atoms with Crippen LogP contribution in [0.15, 0.2) is 0 Å². The summed E-state index contributed by atoms with van der Waals surface area (Å²) in [5.41, 5.74) is 0. The smallest absolute Gasteiger partial charge is 0.305 e. The van der Waals surface area contributed by atoms with Gasteiger partial charge in [-0.1, -0.05) is 0 Å². The van der Waals surface area contributed by atoms with E-state index < -0.39 is 5.97 Å². The molecule has 0 atom stereocenters. The fraction of sp³-hybridized carbons (Fsp3) is 0.625. The molecular weight excluding hydrogens is 214 g/mol. The summed E-state index contributed by atoms with van der Waals surface area (Å²) in [5, 5.41) is 21.3. The van der Waals surface area contributed by atoms with E-state index in [0.29, 0.717) is 0 Å². The van der Waals surface area contributed by atoms with Crippen LogP contribution in [0.1, 0.15) is 29.9 Å². The fourth-order valence-corrected chi connectivity index (χ4v) is 1.43. The zero-order chi connectivity index (χ0) is 11.5. The third-order valence-electron chi connectivity index (χ3n) is 2.35. The average Bonchev–Trinajstić information content (AvgIpc) is 2.93. The van der Waals surface area contributed by atoms with E-state index in [0.717, 1.165) is 12.8 Å². The number of amides is 1. The second-order valence-electron chi connectivity index (χ2n) is 3.61. The van der Waals surface area contributed by atoms with Crippen molar-refractivity contribution in [3.63, 3.8) is 0 Å². The van der Waals surface area contributed by atoms with Gasteiger partial charge in [-0.15, -0.1) is 10.2 Å². The molecule has 86 valence electrons. The number of carboxylic acids is 1. The minimum atomic E-state index is -0.924. The Morgan fingerprint density at radius 3 is 2.75 bits per heavy atom. The van der Waals surface area contributed by atoms with E-state index in [9.17, 15) is 9.59 Å². The quantitative estimate of drug-likeness (QED) is 0.683. The van der Waals surface area contributed by atoms with Gasteiger partial charge in [-0.2, -0.15) is 5.21 Å². The number of nitrogens with zero attached hydrogens (tertiary/aromatic N) is 4. The van der Waals surface area contributed by atoms with E-state index in [2.05, 4.69) is 20.6 Å². The molecule has 1 aliphatic rings. The lowest BCUT2D eigenvalue weighted by Crippen LogP contribution is -2.35. The Bertz CT molecular complexity index is 386. The summed E-state index contributed by atoms with van der Waals surface area (Å²) in [5.74, 6) is -1.30. The van der Waals surface area contributed by atoms with Crippen LogP contribution in [-0.2, 0) is 4.79 Å². The number of aromatic amines is 1. The number of carbonyl (C=O) groups excluding carboxylic acids is 1. The molecule has 2 N–H and O–H groups in total. The second-order valence-corrected chi connectivity index (χ2v) is 3.61. The highest BCUT2D eigenvalue weighted by atomic mass is 16.4. The molecule has 1 saturated carbocycles. The van der Waals surface area contributed by atoms with E-state index in [1.807, 2.05) is 0 Å². The lowest BCUT2D eigenvalue weighted by molar-refractivity contribution is -0.137. The Morgan fingerprint density at radius 2 is 2.25 bits per heavy atom. The van der Waals surface area contributed by atoms with Crippen LogP contribution in [0.2, 0.25) is 0 Å². The van der Waals surface area contributed by atoms with Crippen LogP contribution in [0, 0.1) is 0 Å². The maximum atomic E-state index is 11.8. The first-order valence-corrected chi connectivity index (χ1v) is 4.94. The molecule has 1 aromatic rings. The van der Waals surface area contributed by atoms with Gasteiger partial charge in [0.2, 0.25) is 0 Å². The van der Waals surface area contributed by atoms with Crippen molar-refractivity contribution >= 4 is 11.9 Å². The highest BCUT2D eigenvalue weighted by molar-refractivity contribution is 5.90. The number of hydrogen-bond donors (Lipinski definition) is 2. The normalized spacial score (nSPS) is 14.8. The van der Waals surface area contributed by atoms with Gasteiger partial charge in [0.05, 0.1) is 6.42 Å². The van der Waals surface area contributed by atoms with Crippen molar-refractivity contribution in [3.8, 4) is 0 Å². The number of hydrogen-bond acceptors (Lipinski definition) is 5. The highest BCUT2D eigenvalue weighted by Crippen LogP contribution is 2.27. The highest BCUT2D eigenvalue weighted by Gasteiger charge is 2.34. The summed E-state index contributed by atoms with van der Waals surface area (Å²) >= 11 is 0. The van der Waals surface area contributed by atoms with Gasteiger partial charge in [0.15, 0.2) is 0 Å². The molecule has 1 fully saturated rings. The molecule has 2 rings (SSSR count). The van der Waals surface area contributed by atoms with E-state index in [1.54, 1.807) is 0 Å². The molecule has 1 aliphatic carbocycles. The largest absolute Gasteiger partial charge is 0.481 e. The molecule has 0 aliphatic heterocycles. The number of aliphatic carboxylic acids is 1. The molecule has 0 bridgehead atoms. The summed E-state index contributed by atoms with van der Waals surface area (Å²) in [6.07, 6.45) is 1.74. The van der Waals surface area contributed by atoms with Gasteiger partial charge in [0.25, 0.3) is 11.7 Å². The van der Waals surface area contributed by atoms with Crippen molar-refractivity contribution in [1.82, 2.24) is 25.5 Å². The molecule has 0 saturated heterocycles. The summed E-state index contributed by atoms with van der Waals surface area (Å²) in [6, 6.07) is 0.130. The lowest BCUT2D eigenvalue weighted by Gasteiger charge is -2.19. The molecule has 0 aromatic carbocycles. The SMILES string of the molecule is O=C(O)CCN(C(=O)c1nn[nH]n1)C1CC1. The Hall–Kier alpha value is -1.99. The Kier molecular flexibility index (Phi) is 2.80. The second kappa shape index (κ2) is 4.25. The third kappa shape index (κ3) is 2.33. The van der Waals surface area contributed by atoms with E-state index >= 15 is 0 Å². The van der Waals surface area contributed by atoms with Gasteiger partial charge in [0.1, 0.15) is 0 Å². The summed E-state index contributed by atoms with van der Waals surface area (Å²) in [4.78, 5) is 23.8. The van der Waals surface area contributed by atoms with E-state index in [-0.39, 0.29) is 30.7 Å². The summed E-state index contributed by atoms with van der Waals surface area (Å²) < 4.78 is 0. The number of carboxylic acid groups (broad SMARTS) is 1. The van der Waals surface area contributed by atoms with Gasteiger partial charge in [0, 0.05) is 12.6 Å². The number of aromatic nitrogens is 4. The molecule has 0 spiro atoms. The van der Waals surface area contributed by atoms with Crippen molar-refractivity contribution in [2.75, 3.05) is 6.54 Å². The van der Waals surface area contributed by atoms with Crippen molar-refractivity contribution in [1.29, 1.82) is 0 Å². The molecule has 8 nitrogen and oxygen atoms in total. The van der Waals surface area contributed by atoms with Crippen molar-refractivity contribution < 1.29 is 14.7 Å². The first-order chi connectivity index (χ1) is 7.68. The van der Waals surface area contributed by atoms with Crippen LogP contribution in [0.4, 0.5) is 0 Å². The Labute approximate surface area is 90.6 Å². The fourth-order valence-electron chi connectivity index (χ4n) is 1.43. The van der Waals surface area contributed by atoms with Crippen LogP contribution >= 0.6 is 0 Å². The van der Waals surface area contributed by atoms with Crippen LogP contribution in [0.25, 0.3) is 0 Å². The molecule has 1 amide bonds. The third-order valence-corrected chi connectivity index (χ3v) is 2.35. The molecule has 0 unspecified atom stereocenters. The van der Waals surface area contributed by atoms with Crippen molar-refractivity contribution in [2.45, 2.75) is 25.3 Å². The number of H-pyrrole nitrogens is 1. The van der Waals surface area contributed by atoms with Crippen LogP contribution in [0.3, 0.4) is 0 Å². The van der Waals surface area contributed by atoms with E-state index in [4.69, 9.17) is 5.11 Å². The molecule has 1 heterocycles. The number of carbonyl (C=O) groups is 2. The number of nitrogens with one attached hydrogen (secondary N) is 1. The predicted octanol–water partition coefficient (Wildman–Crippen LogP) is -0.721. The maximum absolute atomic E-state index is 11.8. The van der Waals surface area contributed by atoms with Crippen molar-refractivity contribution in [3.05, 3.63) is 5.82 Å². The average molecular weight is 225 g/mol. The van der Waals surface area contributed by atoms with Gasteiger partial charge in [-0.25, -0.2) is 0 Å². The molecule has 1 aromatic heterocycles. The molecule has 8 heteroatoms. The van der Waals surface area contributed by atoms with Gasteiger partial charge >= 0.3 is 5.97 Å². The zero-order valence-electron chi connectivity index (χ0n) is 8.46. The molecular formula is C8H11N5O3. The zero-order valence-corrected chi connectivity index (χ0v) is 8.46. The standard InChI is InChI=1S/C8H11N5O3/c14-6(15)3-4-13(5-1-2-5)8(16)7-9-11-12-10-7/h5H,1-4H2,(H,14,15)(H,9,10,11,12). The number of tetrazole rings is 1. The monoisotopic (exact) mass is 225 g/mol. The lowest BCUT2D eigenvalue weighted by atomic mass is 10.3. The van der Waals surface area contributed by atoms with Crippen LogP contribution in [-0.4, -0.2) is 55.1 Å². The van der Waals surface area contributed by atoms with E-state index in [1.165, 1.54) is 4.90 Å². The topological polar surface area (TPSA) is 112 Å². The van der Waals surface area contributed by atoms with Crippen LogP contribution < -0.4 is 0 Å².